The van der Waals surface area contributed by atoms with E-state index >= 15 is 0 Å². The van der Waals surface area contributed by atoms with E-state index in [-0.39, 0.29) is 17.7 Å². The molecule has 0 unspecified atom stereocenters. The zero-order valence-corrected chi connectivity index (χ0v) is 15.2. The molecule has 0 aliphatic heterocycles. The van der Waals surface area contributed by atoms with Crippen molar-refractivity contribution >= 4 is 12.0 Å². The number of nitrogens with one attached hydrogen (secondary N) is 2. The number of carbonyl (C=O) groups is 2. The number of phenolic OH excluding ortho intramolecular Hbond substituents is 1. The minimum atomic E-state index is -0.722. The van der Waals surface area contributed by atoms with E-state index in [1.165, 1.54) is 0 Å². The third kappa shape index (κ3) is 6.64. The van der Waals surface area contributed by atoms with Crippen LogP contribution in [-0.4, -0.2) is 34.8 Å². The number of amides is 2. The second-order valence-electron chi connectivity index (χ2n) is 7.56. The Balaban J connectivity index is 2.04. The number of alkyl carbamates (subject to hydrolysis) is 1. The lowest BCUT2D eigenvalue weighted by molar-refractivity contribution is -0.123. The van der Waals surface area contributed by atoms with Crippen molar-refractivity contribution in [3.8, 4) is 5.75 Å². The minimum Gasteiger partial charge on any atom is -0.508 e. The first-order valence-corrected chi connectivity index (χ1v) is 8.81. The maximum Gasteiger partial charge on any atom is 0.408 e. The zero-order chi connectivity index (χ0) is 18.4. The van der Waals surface area contributed by atoms with Gasteiger partial charge in [-0.1, -0.05) is 25.0 Å². The van der Waals surface area contributed by atoms with Gasteiger partial charge in [0.15, 0.2) is 0 Å². The molecule has 6 heteroatoms. The molecular weight excluding hydrogens is 320 g/mol. The van der Waals surface area contributed by atoms with Gasteiger partial charge in [-0.25, -0.2) is 4.79 Å². The van der Waals surface area contributed by atoms with Crippen LogP contribution in [0.5, 0.6) is 5.75 Å². The highest BCUT2D eigenvalue weighted by molar-refractivity contribution is 5.86. The molecule has 1 fully saturated rings. The molecule has 138 valence electrons. The molecule has 6 nitrogen and oxygen atoms in total. The molecule has 0 aromatic heterocycles. The highest BCUT2D eigenvalue weighted by Gasteiger charge is 2.27. The lowest BCUT2D eigenvalue weighted by atomic mass is 10.0. The van der Waals surface area contributed by atoms with Gasteiger partial charge in [0, 0.05) is 12.5 Å². The van der Waals surface area contributed by atoms with E-state index in [0.717, 1.165) is 31.2 Å². The van der Waals surface area contributed by atoms with E-state index in [2.05, 4.69) is 10.6 Å². The fourth-order valence-corrected chi connectivity index (χ4v) is 2.90. The molecule has 1 aliphatic rings. The van der Waals surface area contributed by atoms with E-state index in [1.54, 1.807) is 45.0 Å². The second-order valence-corrected chi connectivity index (χ2v) is 7.56. The van der Waals surface area contributed by atoms with Gasteiger partial charge >= 0.3 is 6.09 Å². The summed E-state index contributed by atoms with van der Waals surface area (Å²) in [6.07, 6.45) is 3.91. The van der Waals surface area contributed by atoms with Gasteiger partial charge in [0.05, 0.1) is 0 Å². The van der Waals surface area contributed by atoms with Crippen LogP contribution >= 0.6 is 0 Å². The second kappa shape index (κ2) is 8.23. The number of hydrogen-bond acceptors (Lipinski definition) is 4. The van der Waals surface area contributed by atoms with E-state index in [9.17, 15) is 14.7 Å². The number of ether oxygens (including phenoxy) is 1. The lowest BCUT2D eigenvalue weighted by Crippen LogP contribution is -2.51. The summed E-state index contributed by atoms with van der Waals surface area (Å²) in [5.41, 5.74) is 0.218. The predicted octanol–water partition coefficient (Wildman–Crippen LogP) is 2.89. The summed E-state index contributed by atoms with van der Waals surface area (Å²) < 4.78 is 5.28. The number of hydrogen-bond donors (Lipinski definition) is 3. The molecule has 1 saturated carbocycles. The van der Waals surface area contributed by atoms with Gasteiger partial charge in [0.2, 0.25) is 5.91 Å². The Morgan fingerprint density at radius 3 is 2.36 bits per heavy atom. The monoisotopic (exact) mass is 348 g/mol. The summed E-state index contributed by atoms with van der Waals surface area (Å²) in [5, 5.41) is 15.1. The van der Waals surface area contributed by atoms with Crippen LogP contribution in [0, 0.1) is 0 Å². The summed E-state index contributed by atoms with van der Waals surface area (Å²) in [6.45, 7) is 5.33. The average Bonchev–Trinajstić information content (AvgIpc) is 2.99. The first-order valence-electron chi connectivity index (χ1n) is 8.81. The summed E-state index contributed by atoms with van der Waals surface area (Å²) in [6, 6.07) is 6.06. The van der Waals surface area contributed by atoms with Gasteiger partial charge in [-0.2, -0.15) is 0 Å². The molecule has 2 amide bonds. The Morgan fingerprint density at radius 2 is 1.80 bits per heavy atom. The van der Waals surface area contributed by atoms with Crippen LogP contribution < -0.4 is 10.6 Å². The Hall–Kier alpha value is -2.24. The fraction of sp³-hybridized carbons (Fsp3) is 0.579. The first kappa shape index (κ1) is 19.1. The summed E-state index contributed by atoms with van der Waals surface area (Å²) in [7, 11) is 0. The van der Waals surface area contributed by atoms with E-state index in [1.807, 2.05) is 0 Å². The SMILES string of the molecule is CC(C)(C)OC(=O)N[C@@H](Cc1ccc(O)cc1)C(=O)NC1CCCC1. The number of benzene rings is 1. The molecule has 25 heavy (non-hydrogen) atoms. The molecule has 0 bridgehead atoms. The Kier molecular flexibility index (Phi) is 6.28. The molecule has 0 heterocycles. The van der Waals surface area contributed by atoms with Crippen LogP contribution in [0.4, 0.5) is 4.79 Å². The number of carbonyl (C=O) groups excluding carboxylic acids is 2. The molecular formula is C19H28N2O4. The predicted molar refractivity (Wildman–Crippen MR) is 95.4 cm³/mol. The van der Waals surface area contributed by atoms with Crippen molar-refractivity contribution in [3.63, 3.8) is 0 Å². The van der Waals surface area contributed by atoms with Crippen molar-refractivity contribution in [2.75, 3.05) is 0 Å². The van der Waals surface area contributed by atoms with Crippen molar-refractivity contribution in [2.45, 2.75) is 70.6 Å². The summed E-state index contributed by atoms with van der Waals surface area (Å²) in [5.74, 6) is -0.0401. The Bertz CT molecular complexity index is 586. The van der Waals surface area contributed by atoms with Gasteiger partial charge in [-0.05, 0) is 51.3 Å². The van der Waals surface area contributed by atoms with Crippen molar-refractivity contribution in [1.82, 2.24) is 10.6 Å². The normalized spacial score (nSPS) is 16.3. The van der Waals surface area contributed by atoms with Gasteiger partial charge in [0.25, 0.3) is 0 Å². The van der Waals surface area contributed by atoms with Gasteiger partial charge in [-0.15, -0.1) is 0 Å². The first-order chi connectivity index (χ1) is 11.7. The highest BCUT2D eigenvalue weighted by Crippen LogP contribution is 2.18. The highest BCUT2D eigenvalue weighted by atomic mass is 16.6. The molecule has 1 atom stereocenters. The molecule has 3 N–H and O–H groups in total. The fourth-order valence-electron chi connectivity index (χ4n) is 2.90. The molecule has 0 radical (unpaired) electrons. The molecule has 2 rings (SSSR count). The van der Waals surface area contributed by atoms with E-state index in [4.69, 9.17) is 4.74 Å². The van der Waals surface area contributed by atoms with Gasteiger partial charge < -0.3 is 20.5 Å². The maximum atomic E-state index is 12.6. The topological polar surface area (TPSA) is 87.7 Å². The summed E-state index contributed by atoms with van der Waals surface area (Å²) in [4.78, 5) is 24.7. The van der Waals surface area contributed by atoms with Crippen molar-refractivity contribution in [1.29, 1.82) is 0 Å². The van der Waals surface area contributed by atoms with Crippen LogP contribution in [-0.2, 0) is 16.0 Å². The van der Waals surface area contributed by atoms with Crippen LogP contribution in [0.3, 0.4) is 0 Å². The molecule has 1 aliphatic carbocycles. The standard InChI is InChI=1S/C19H28N2O4/c1-19(2,3)25-18(24)21-16(12-13-8-10-15(22)11-9-13)17(23)20-14-6-4-5-7-14/h8-11,14,16,22H,4-7,12H2,1-3H3,(H,20,23)(H,21,24)/t16-/m0/s1. The number of rotatable bonds is 5. The number of phenols is 1. The van der Waals surface area contributed by atoms with Crippen LogP contribution in [0.1, 0.15) is 52.0 Å². The van der Waals surface area contributed by atoms with Crippen LogP contribution in [0.25, 0.3) is 0 Å². The summed E-state index contributed by atoms with van der Waals surface area (Å²) >= 11 is 0. The average molecular weight is 348 g/mol. The Morgan fingerprint density at radius 1 is 1.20 bits per heavy atom. The minimum absolute atomic E-state index is 0.163. The molecule has 1 aromatic carbocycles. The third-order valence-electron chi connectivity index (χ3n) is 4.09. The zero-order valence-electron chi connectivity index (χ0n) is 15.2. The number of aromatic hydroxyl groups is 1. The molecule has 0 spiro atoms. The Labute approximate surface area is 149 Å². The van der Waals surface area contributed by atoms with Crippen molar-refractivity contribution in [3.05, 3.63) is 29.8 Å². The molecule has 1 aromatic rings. The van der Waals surface area contributed by atoms with Gasteiger partial charge in [-0.3, -0.25) is 4.79 Å². The van der Waals surface area contributed by atoms with Gasteiger partial charge in [0.1, 0.15) is 17.4 Å². The molecule has 0 saturated heterocycles. The van der Waals surface area contributed by atoms with E-state index < -0.39 is 17.7 Å². The van der Waals surface area contributed by atoms with Crippen LogP contribution in [0.15, 0.2) is 24.3 Å². The third-order valence-corrected chi connectivity index (χ3v) is 4.09. The van der Waals surface area contributed by atoms with E-state index in [0.29, 0.717) is 6.42 Å². The smallest absolute Gasteiger partial charge is 0.408 e. The quantitative estimate of drug-likeness (QED) is 0.763. The largest absolute Gasteiger partial charge is 0.508 e. The van der Waals surface area contributed by atoms with Crippen molar-refractivity contribution in [2.24, 2.45) is 0 Å². The van der Waals surface area contributed by atoms with Crippen molar-refractivity contribution < 1.29 is 19.4 Å². The maximum absolute atomic E-state index is 12.6. The lowest BCUT2D eigenvalue weighted by Gasteiger charge is -2.24. The van der Waals surface area contributed by atoms with Crippen LogP contribution in [0.2, 0.25) is 0 Å².